The fraction of sp³-hybridized carbons (Fsp3) is 0.654. The standard InChI is InChI=1S/C26H31F6NO3/c1-2-17(23(36)22(35)11-15-3-4-15)12-21(34)20(14-25(28,29)13-16-5-6-16)33-24(26(30,31)32)18-7-9-19(27)10-8-18/h7-10,15-17,20,24,33H,2-6,11-14H2,1H3/t17-,20+,24+/m1/s1. The van der Waals surface area contributed by atoms with Crippen molar-refractivity contribution < 1.29 is 40.7 Å². The van der Waals surface area contributed by atoms with Gasteiger partial charge in [-0.1, -0.05) is 19.1 Å². The summed E-state index contributed by atoms with van der Waals surface area (Å²) in [5.74, 6) is -7.77. The smallest absolute Gasteiger partial charge is 0.298 e. The largest absolute Gasteiger partial charge is 0.407 e. The molecule has 0 unspecified atom stereocenters. The number of carbonyl (C=O) groups is 3. The molecule has 2 saturated carbocycles. The van der Waals surface area contributed by atoms with E-state index in [1.54, 1.807) is 6.92 Å². The van der Waals surface area contributed by atoms with Crippen molar-refractivity contribution in [3.63, 3.8) is 0 Å². The van der Waals surface area contributed by atoms with Crippen LogP contribution in [-0.2, 0) is 14.4 Å². The van der Waals surface area contributed by atoms with Gasteiger partial charge in [0.1, 0.15) is 11.9 Å². The van der Waals surface area contributed by atoms with Crippen LogP contribution in [0, 0.1) is 23.6 Å². The minimum absolute atomic E-state index is 0.0609. The monoisotopic (exact) mass is 519 g/mol. The van der Waals surface area contributed by atoms with Crippen molar-refractivity contribution in [2.24, 2.45) is 17.8 Å². The summed E-state index contributed by atoms with van der Waals surface area (Å²) in [6, 6.07) is -1.05. The Morgan fingerprint density at radius 2 is 1.56 bits per heavy atom. The maximum absolute atomic E-state index is 14.7. The predicted molar refractivity (Wildman–Crippen MR) is 120 cm³/mol. The van der Waals surface area contributed by atoms with E-state index in [1.807, 2.05) is 5.32 Å². The van der Waals surface area contributed by atoms with Gasteiger partial charge in [0.05, 0.1) is 6.04 Å². The molecule has 0 aromatic heterocycles. The molecule has 0 spiro atoms. The van der Waals surface area contributed by atoms with E-state index in [-0.39, 0.29) is 24.7 Å². The third kappa shape index (κ3) is 8.42. The molecule has 2 aliphatic carbocycles. The molecular weight excluding hydrogens is 488 g/mol. The van der Waals surface area contributed by atoms with Crippen LogP contribution < -0.4 is 5.32 Å². The molecule has 2 fully saturated rings. The van der Waals surface area contributed by atoms with Crippen LogP contribution in [0.3, 0.4) is 0 Å². The number of nitrogens with one attached hydrogen (secondary N) is 1. The molecule has 0 bridgehead atoms. The maximum Gasteiger partial charge on any atom is 0.407 e. The second-order valence-corrected chi connectivity index (χ2v) is 10.2. The van der Waals surface area contributed by atoms with E-state index in [0.29, 0.717) is 12.8 Å². The average Bonchev–Trinajstić information content (AvgIpc) is 3.72. The van der Waals surface area contributed by atoms with Crippen LogP contribution in [0.2, 0.25) is 0 Å². The lowest BCUT2D eigenvalue weighted by Gasteiger charge is -2.30. The van der Waals surface area contributed by atoms with Gasteiger partial charge in [-0.25, -0.2) is 13.2 Å². The number of benzene rings is 1. The number of carbonyl (C=O) groups excluding carboxylic acids is 3. The summed E-state index contributed by atoms with van der Waals surface area (Å²) in [6.07, 6.45) is -4.30. The maximum atomic E-state index is 14.7. The van der Waals surface area contributed by atoms with Gasteiger partial charge in [-0.3, -0.25) is 19.7 Å². The third-order valence-corrected chi connectivity index (χ3v) is 6.83. The summed E-state index contributed by atoms with van der Waals surface area (Å²) >= 11 is 0. The summed E-state index contributed by atoms with van der Waals surface area (Å²) in [4.78, 5) is 37.9. The molecule has 2 aliphatic rings. The van der Waals surface area contributed by atoms with Gasteiger partial charge in [0, 0.05) is 31.6 Å². The average molecular weight is 520 g/mol. The number of alkyl halides is 5. The highest BCUT2D eigenvalue weighted by molar-refractivity contribution is 6.38. The molecule has 0 aliphatic heterocycles. The van der Waals surface area contributed by atoms with E-state index in [9.17, 15) is 40.7 Å². The number of hydrogen-bond donors (Lipinski definition) is 1. The van der Waals surface area contributed by atoms with Gasteiger partial charge in [0.25, 0.3) is 0 Å². The Morgan fingerprint density at radius 1 is 0.972 bits per heavy atom. The van der Waals surface area contributed by atoms with Crippen molar-refractivity contribution in [2.45, 2.75) is 88.9 Å². The predicted octanol–water partition coefficient (Wildman–Crippen LogP) is 6.14. The first-order valence-corrected chi connectivity index (χ1v) is 12.3. The molecular formula is C26H31F6NO3. The summed E-state index contributed by atoms with van der Waals surface area (Å²) in [5, 5.41) is 2.05. The van der Waals surface area contributed by atoms with Crippen LogP contribution in [0.4, 0.5) is 26.3 Å². The molecule has 3 rings (SSSR count). The van der Waals surface area contributed by atoms with Crippen molar-refractivity contribution in [1.82, 2.24) is 5.32 Å². The number of halogens is 6. The zero-order valence-corrected chi connectivity index (χ0v) is 20.1. The summed E-state index contributed by atoms with van der Waals surface area (Å²) in [7, 11) is 0. The fourth-order valence-corrected chi connectivity index (χ4v) is 4.35. The van der Waals surface area contributed by atoms with Crippen molar-refractivity contribution in [3.05, 3.63) is 35.6 Å². The first-order chi connectivity index (χ1) is 16.8. The van der Waals surface area contributed by atoms with Gasteiger partial charge in [-0.15, -0.1) is 0 Å². The van der Waals surface area contributed by atoms with Crippen LogP contribution in [-0.4, -0.2) is 35.5 Å². The number of rotatable bonds is 15. The Hall–Kier alpha value is -2.23. The van der Waals surface area contributed by atoms with Gasteiger partial charge in [-0.05, 0) is 61.6 Å². The lowest BCUT2D eigenvalue weighted by atomic mass is 9.87. The Bertz CT molecular complexity index is 938. The summed E-state index contributed by atoms with van der Waals surface area (Å²) < 4.78 is 84.5. The van der Waals surface area contributed by atoms with Crippen molar-refractivity contribution in [2.75, 3.05) is 0 Å². The molecule has 0 heterocycles. The third-order valence-electron chi connectivity index (χ3n) is 6.83. The van der Waals surface area contributed by atoms with E-state index in [0.717, 1.165) is 37.1 Å². The normalized spacial score (nSPS) is 19.0. The van der Waals surface area contributed by atoms with Crippen LogP contribution in [0.25, 0.3) is 0 Å². The van der Waals surface area contributed by atoms with Gasteiger partial charge >= 0.3 is 6.18 Å². The van der Waals surface area contributed by atoms with Crippen LogP contribution in [0.15, 0.2) is 24.3 Å². The Kier molecular flexibility index (Phi) is 9.01. The second kappa shape index (κ2) is 11.4. The van der Waals surface area contributed by atoms with Crippen molar-refractivity contribution in [3.8, 4) is 0 Å². The minimum Gasteiger partial charge on any atom is -0.298 e. The second-order valence-electron chi connectivity index (χ2n) is 10.2. The minimum atomic E-state index is -4.97. The Labute approximate surface area is 206 Å². The van der Waals surface area contributed by atoms with E-state index < -0.39 is 78.1 Å². The van der Waals surface area contributed by atoms with Crippen molar-refractivity contribution in [1.29, 1.82) is 0 Å². The highest BCUT2D eigenvalue weighted by atomic mass is 19.4. The molecule has 0 radical (unpaired) electrons. The number of Topliss-reactive ketones (excluding diaryl/α,β-unsaturated/α-hetero) is 3. The zero-order valence-electron chi connectivity index (χ0n) is 20.1. The Balaban J connectivity index is 1.81. The molecule has 10 heteroatoms. The van der Waals surface area contributed by atoms with Gasteiger partial charge in [0.15, 0.2) is 11.6 Å². The molecule has 1 aromatic rings. The van der Waals surface area contributed by atoms with Gasteiger partial charge in [-0.2, -0.15) is 13.2 Å². The number of hydrogen-bond acceptors (Lipinski definition) is 4. The molecule has 1 N–H and O–H groups in total. The molecule has 36 heavy (non-hydrogen) atoms. The van der Waals surface area contributed by atoms with Crippen LogP contribution in [0.5, 0.6) is 0 Å². The fourth-order valence-electron chi connectivity index (χ4n) is 4.35. The topological polar surface area (TPSA) is 63.2 Å². The molecule has 3 atom stereocenters. The summed E-state index contributed by atoms with van der Waals surface area (Å²) in [5.41, 5.74) is -0.435. The molecule has 0 saturated heterocycles. The highest BCUT2D eigenvalue weighted by Gasteiger charge is 2.46. The SMILES string of the molecule is CC[C@H](CC(=O)[C@H](CC(F)(F)CC1CC1)N[C@@H](c1ccc(F)cc1)C(F)(F)F)C(=O)C(=O)CC1CC1. The lowest BCUT2D eigenvalue weighted by Crippen LogP contribution is -2.48. The molecule has 1 aromatic carbocycles. The van der Waals surface area contributed by atoms with Gasteiger partial charge in [0.2, 0.25) is 11.7 Å². The van der Waals surface area contributed by atoms with E-state index in [1.165, 1.54) is 0 Å². The van der Waals surface area contributed by atoms with Crippen molar-refractivity contribution >= 4 is 17.3 Å². The molecule has 200 valence electrons. The van der Waals surface area contributed by atoms with Crippen LogP contribution >= 0.6 is 0 Å². The van der Waals surface area contributed by atoms with E-state index >= 15 is 0 Å². The lowest BCUT2D eigenvalue weighted by molar-refractivity contribution is -0.163. The quantitative estimate of drug-likeness (QED) is 0.224. The van der Waals surface area contributed by atoms with Gasteiger partial charge < -0.3 is 0 Å². The first kappa shape index (κ1) is 28.3. The zero-order chi connectivity index (χ0) is 26.7. The summed E-state index contributed by atoms with van der Waals surface area (Å²) in [6.45, 7) is 1.56. The number of ketones is 3. The highest BCUT2D eigenvalue weighted by Crippen LogP contribution is 2.42. The van der Waals surface area contributed by atoms with Crippen LogP contribution in [0.1, 0.15) is 76.3 Å². The van der Waals surface area contributed by atoms with E-state index in [2.05, 4.69) is 0 Å². The Morgan fingerprint density at radius 3 is 2.06 bits per heavy atom. The first-order valence-electron chi connectivity index (χ1n) is 12.3. The molecule has 0 amide bonds. The molecule has 4 nitrogen and oxygen atoms in total. The van der Waals surface area contributed by atoms with E-state index in [4.69, 9.17) is 0 Å².